The summed E-state index contributed by atoms with van der Waals surface area (Å²) in [5.74, 6) is -0.489. The lowest BCUT2D eigenvalue weighted by Crippen LogP contribution is -2.52. The van der Waals surface area contributed by atoms with Crippen LogP contribution in [0.4, 0.5) is 14.9 Å². The normalized spacial score (nSPS) is 23.0. The number of nitrogens with one attached hydrogen (secondary N) is 2. The number of benzene rings is 1. The number of halogens is 1. The second-order valence-electron chi connectivity index (χ2n) is 6.26. The summed E-state index contributed by atoms with van der Waals surface area (Å²) in [7, 11) is 3.35. The standard InChI is InChI=1S/C17H24FN3O4/c1-21(2)16(23)9-13-6-7-14(15(10-22)25-13)20-17(24)19-12-5-3-4-11(18)8-12/h3-5,8,13-15,22H,6-7,9-10H2,1-2H3,(H2,19,20,24)/t13-,14-,15+/m0/s1. The van der Waals surface area contributed by atoms with Gasteiger partial charge in [-0.15, -0.1) is 0 Å². The van der Waals surface area contributed by atoms with E-state index in [4.69, 9.17) is 4.74 Å². The average molecular weight is 353 g/mol. The SMILES string of the molecule is CN(C)C(=O)C[C@@H]1CC[C@H](NC(=O)Nc2cccc(F)c2)[C@@H](CO)O1. The smallest absolute Gasteiger partial charge is 0.319 e. The van der Waals surface area contributed by atoms with E-state index in [1.807, 2.05) is 0 Å². The third kappa shape index (κ3) is 5.68. The highest BCUT2D eigenvalue weighted by molar-refractivity contribution is 5.89. The van der Waals surface area contributed by atoms with Crippen LogP contribution >= 0.6 is 0 Å². The number of hydrogen-bond donors (Lipinski definition) is 3. The molecule has 1 saturated heterocycles. The van der Waals surface area contributed by atoms with Crippen molar-refractivity contribution in [3.63, 3.8) is 0 Å². The van der Waals surface area contributed by atoms with E-state index in [0.29, 0.717) is 18.5 Å². The molecule has 0 unspecified atom stereocenters. The van der Waals surface area contributed by atoms with Gasteiger partial charge in [-0.05, 0) is 31.0 Å². The number of rotatable bonds is 5. The molecule has 25 heavy (non-hydrogen) atoms. The summed E-state index contributed by atoms with van der Waals surface area (Å²) in [6.07, 6.45) is 0.545. The van der Waals surface area contributed by atoms with Crippen molar-refractivity contribution >= 4 is 17.6 Å². The van der Waals surface area contributed by atoms with Crippen LogP contribution < -0.4 is 10.6 Å². The number of aliphatic hydroxyl groups is 1. The zero-order valence-corrected chi connectivity index (χ0v) is 14.4. The molecule has 1 fully saturated rings. The number of hydrogen-bond acceptors (Lipinski definition) is 4. The lowest BCUT2D eigenvalue weighted by atomic mass is 9.97. The summed E-state index contributed by atoms with van der Waals surface area (Å²) in [6.45, 7) is -0.266. The Morgan fingerprint density at radius 3 is 2.76 bits per heavy atom. The Balaban J connectivity index is 1.87. The first-order valence-electron chi connectivity index (χ1n) is 8.18. The van der Waals surface area contributed by atoms with Crippen molar-refractivity contribution in [3.05, 3.63) is 30.1 Å². The lowest BCUT2D eigenvalue weighted by molar-refractivity contribution is -0.137. The van der Waals surface area contributed by atoms with Crippen LogP contribution in [0, 0.1) is 5.82 Å². The maximum Gasteiger partial charge on any atom is 0.319 e. The predicted molar refractivity (Wildman–Crippen MR) is 90.6 cm³/mol. The molecule has 1 aromatic carbocycles. The minimum Gasteiger partial charge on any atom is -0.394 e. The monoisotopic (exact) mass is 353 g/mol. The quantitative estimate of drug-likeness (QED) is 0.745. The molecule has 8 heteroatoms. The highest BCUT2D eigenvalue weighted by Crippen LogP contribution is 2.22. The number of urea groups is 1. The zero-order valence-electron chi connectivity index (χ0n) is 14.4. The molecule has 0 aromatic heterocycles. The Labute approximate surface area is 146 Å². The maximum atomic E-state index is 13.1. The molecular weight excluding hydrogens is 329 g/mol. The van der Waals surface area contributed by atoms with Crippen molar-refractivity contribution in [1.82, 2.24) is 10.2 Å². The molecule has 0 aliphatic carbocycles. The van der Waals surface area contributed by atoms with E-state index in [0.717, 1.165) is 0 Å². The molecule has 1 aliphatic heterocycles. The Bertz CT molecular complexity index is 611. The van der Waals surface area contributed by atoms with Crippen LogP contribution in [-0.2, 0) is 9.53 Å². The van der Waals surface area contributed by atoms with Crippen LogP contribution in [0.15, 0.2) is 24.3 Å². The van der Waals surface area contributed by atoms with Gasteiger partial charge in [0.2, 0.25) is 5.91 Å². The van der Waals surface area contributed by atoms with E-state index >= 15 is 0 Å². The second kappa shape index (κ2) is 8.77. The number of ether oxygens (including phenoxy) is 1. The van der Waals surface area contributed by atoms with Crippen molar-refractivity contribution in [1.29, 1.82) is 0 Å². The van der Waals surface area contributed by atoms with Gasteiger partial charge < -0.3 is 25.4 Å². The van der Waals surface area contributed by atoms with Crippen molar-refractivity contribution < 1.29 is 23.8 Å². The highest BCUT2D eigenvalue weighted by atomic mass is 19.1. The van der Waals surface area contributed by atoms with Crippen molar-refractivity contribution in [2.45, 2.75) is 37.5 Å². The third-order valence-electron chi connectivity index (χ3n) is 4.10. The highest BCUT2D eigenvalue weighted by Gasteiger charge is 2.33. The van der Waals surface area contributed by atoms with Gasteiger partial charge in [0, 0.05) is 19.8 Å². The van der Waals surface area contributed by atoms with Crippen LogP contribution in [-0.4, -0.2) is 60.9 Å². The van der Waals surface area contributed by atoms with Crippen LogP contribution in [0.3, 0.4) is 0 Å². The van der Waals surface area contributed by atoms with Crippen molar-refractivity contribution in [2.75, 3.05) is 26.0 Å². The number of nitrogens with zero attached hydrogens (tertiary/aromatic N) is 1. The number of anilines is 1. The van der Waals surface area contributed by atoms with Gasteiger partial charge in [-0.2, -0.15) is 0 Å². The van der Waals surface area contributed by atoms with Crippen molar-refractivity contribution in [3.8, 4) is 0 Å². The number of aliphatic hydroxyl groups excluding tert-OH is 1. The molecule has 2 rings (SSSR count). The van der Waals surface area contributed by atoms with E-state index in [-0.39, 0.29) is 31.1 Å². The Morgan fingerprint density at radius 2 is 2.12 bits per heavy atom. The molecular formula is C17H24FN3O4. The Hall–Kier alpha value is -2.19. The second-order valence-corrected chi connectivity index (χ2v) is 6.26. The fraction of sp³-hybridized carbons (Fsp3) is 0.529. The van der Waals surface area contributed by atoms with E-state index in [1.54, 1.807) is 20.2 Å². The van der Waals surface area contributed by atoms with E-state index < -0.39 is 18.0 Å². The molecule has 3 amide bonds. The summed E-state index contributed by atoms with van der Waals surface area (Å²) in [5, 5.41) is 14.8. The molecule has 138 valence electrons. The molecule has 1 heterocycles. The van der Waals surface area contributed by atoms with Gasteiger partial charge >= 0.3 is 6.03 Å². The summed E-state index contributed by atoms with van der Waals surface area (Å²) in [4.78, 5) is 25.3. The Kier molecular flexibility index (Phi) is 6.72. The number of carbonyl (C=O) groups excluding carboxylic acids is 2. The Morgan fingerprint density at radius 1 is 1.36 bits per heavy atom. The van der Waals surface area contributed by atoms with Gasteiger partial charge in [-0.1, -0.05) is 6.07 Å². The number of amides is 3. The molecule has 0 bridgehead atoms. The summed E-state index contributed by atoms with van der Waals surface area (Å²) in [5.41, 5.74) is 0.337. The molecule has 1 aromatic rings. The maximum absolute atomic E-state index is 13.1. The summed E-state index contributed by atoms with van der Waals surface area (Å²) >= 11 is 0. The van der Waals surface area contributed by atoms with Crippen LogP contribution in [0.2, 0.25) is 0 Å². The molecule has 7 nitrogen and oxygen atoms in total. The van der Waals surface area contributed by atoms with Crippen LogP contribution in [0.5, 0.6) is 0 Å². The predicted octanol–water partition coefficient (Wildman–Crippen LogP) is 1.33. The first-order chi connectivity index (χ1) is 11.9. The molecule has 0 spiro atoms. The summed E-state index contributed by atoms with van der Waals surface area (Å²) in [6, 6.07) is 4.69. The topological polar surface area (TPSA) is 90.9 Å². The summed E-state index contributed by atoms with van der Waals surface area (Å²) < 4.78 is 18.9. The lowest BCUT2D eigenvalue weighted by Gasteiger charge is -2.36. The molecule has 3 N–H and O–H groups in total. The molecule has 3 atom stereocenters. The minimum atomic E-state index is -0.591. The van der Waals surface area contributed by atoms with E-state index in [9.17, 15) is 19.1 Å². The zero-order chi connectivity index (χ0) is 18.4. The van der Waals surface area contributed by atoms with Crippen molar-refractivity contribution in [2.24, 2.45) is 0 Å². The van der Waals surface area contributed by atoms with Gasteiger partial charge in [0.1, 0.15) is 11.9 Å². The fourth-order valence-corrected chi connectivity index (χ4v) is 2.73. The average Bonchev–Trinajstić information content (AvgIpc) is 2.56. The van der Waals surface area contributed by atoms with Gasteiger partial charge in [-0.3, -0.25) is 4.79 Å². The van der Waals surface area contributed by atoms with Gasteiger partial charge in [0.15, 0.2) is 0 Å². The van der Waals surface area contributed by atoms with Crippen LogP contribution in [0.1, 0.15) is 19.3 Å². The van der Waals surface area contributed by atoms with Gasteiger partial charge in [0.25, 0.3) is 0 Å². The van der Waals surface area contributed by atoms with Gasteiger partial charge in [0.05, 0.1) is 25.2 Å². The molecule has 1 aliphatic rings. The third-order valence-corrected chi connectivity index (χ3v) is 4.10. The molecule has 0 radical (unpaired) electrons. The number of carbonyl (C=O) groups is 2. The molecule has 0 saturated carbocycles. The van der Waals surface area contributed by atoms with Crippen LogP contribution in [0.25, 0.3) is 0 Å². The first kappa shape index (κ1) is 19.1. The minimum absolute atomic E-state index is 0.0445. The first-order valence-corrected chi connectivity index (χ1v) is 8.18. The largest absolute Gasteiger partial charge is 0.394 e. The fourth-order valence-electron chi connectivity index (χ4n) is 2.73. The van der Waals surface area contributed by atoms with E-state index in [1.165, 1.54) is 23.1 Å². The van der Waals surface area contributed by atoms with E-state index in [2.05, 4.69) is 10.6 Å². The van der Waals surface area contributed by atoms with Gasteiger partial charge in [-0.25, -0.2) is 9.18 Å².